The summed E-state index contributed by atoms with van der Waals surface area (Å²) in [6, 6.07) is 0. The maximum absolute atomic E-state index is 2.25. The Morgan fingerprint density at radius 2 is 1.00 bits per heavy atom. The zero-order valence-corrected chi connectivity index (χ0v) is 11.4. The summed E-state index contributed by atoms with van der Waals surface area (Å²) in [6.45, 7) is 4.50. The minimum atomic E-state index is 0. The molecule has 0 aliphatic carbocycles. The molecule has 0 amide bonds. The van der Waals surface area contributed by atoms with E-state index in [1.807, 2.05) is 0 Å². The zero-order chi connectivity index (χ0) is 3.58. The normalized spacial score (nSPS) is 5.57. The van der Waals surface area contributed by atoms with Gasteiger partial charge in [-0.15, -0.1) is 37.2 Å². The fourth-order valence-electron chi connectivity index (χ4n) is 0. The average Bonchev–Trinajstić information content (AvgIpc) is 0.811. The molecule has 0 unspecified atom stereocenters. The van der Waals surface area contributed by atoms with Gasteiger partial charge in [-0.3, -0.25) is 0 Å². The van der Waals surface area contributed by atoms with E-state index in [4.69, 9.17) is 0 Å². The molecule has 0 heterocycles. The molecule has 0 radical (unpaired) electrons. The third-order valence-electron chi connectivity index (χ3n) is 0. The second-order valence-electron chi connectivity index (χ2n) is 1.73. The van der Waals surface area contributed by atoms with Crippen molar-refractivity contribution < 1.29 is 0 Å². The van der Waals surface area contributed by atoms with E-state index in [1.165, 1.54) is 0 Å². The topological polar surface area (TPSA) is 0 Å². The van der Waals surface area contributed by atoms with Gasteiger partial charge in [-0.2, -0.15) is 0 Å². The van der Waals surface area contributed by atoms with Gasteiger partial charge in [0.1, 0.15) is 0 Å². The molecule has 0 atom stereocenters. The van der Waals surface area contributed by atoms with Crippen LogP contribution in [0, 0.1) is 0 Å². The van der Waals surface area contributed by atoms with Gasteiger partial charge in [0, 0.05) is 0 Å². The van der Waals surface area contributed by atoms with Gasteiger partial charge in [-0.05, 0) is 0 Å². The predicted molar refractivity (Wildman–Crippen MR) is 46.8 cm³/mol. The van der Waals surface area contributed by atoms with Gasteiger partial charge in [0.25, 0.3) is 0 Å². The molecule has 7 heavy (non-hydrogen) atoms. The zero-order valence-electron chi connectivity index (χ0n) is 4.80. The van der Waals surface area contributed by atoms with Crippen molar-refractivity contribution in [3.05, 3.63) is 0 Å². The first-order valence-electron chi connectivity index (χ1n) is 1.73. The molecule has 0 aliphatic heterocycles. The molecule has 4 heteroatoms. The minimum absolute atomic E-state index is 0. The Labute approximate surface area is 72.3 Å². The Morgan fingerprint density at radius 1 is 1.00 bits per heavy atom. The predicted octanol–water partition coefficient (Wildman–Crippen LogP) is 1.45. The standard InChI is InChI=1S/C3H10Ge.3ClH/c1-3(2)4;;;/h3H,1-2,4H3;3*1H. The molecule has 0 fully saturated rings. The van der Waals surface area contributed by atoms with Crippen LogP contribution in [0.15, 0.2) is 0 Å². The molecule has 0 aromatic rings. The van der Waals surface area contributed by atoms with Crippen LogP contribution in [0.25, 0.3) is 0 Å². The quantitative estimate of drug-likeness (QED) is 0.550. The van der Waals surface area contributed by atoms with Crippen molar-refractivity contribution in [2.24, 2.45) is 0 Å². The van der Waals surface area contributed by atoms with Crippen molar-refractivity contribution in [1.29, 1.82) is 0 Å². The number of halogens is 3. The third-order valence-corrected chi connectivity index (χ3v) is 0. The van der Waals surface area contributed by atoms with Crippen molar-refractivity contribution in [2.45, 2.75) is 18.6 Å². The molecular weight excluding hydrogens is 215 g/mol. The van der Waals surface area contributed by atoms with Gasteiger partial charge in [0.15, 0.2) is 0 Å². The fraction of sp³-hybridized carbons (Fsp3) is 1.00. The molecule has 0 aromatic carbocycles. The third kappa shape index (κ3) is 109. The van der Waals surface area contributed by atoms with Gasteiger partial charge >= 0.3 is 35.1 Å². The van der Waals surface area contributed by atoms with Crippen molar-refractivity contribution in [3.8, 4) is 0 Å². The number of hydrogen-bond donors (Lipinski definition) is 0. The monoisotopic (exact) mass is 228 g/mol. The Balaban J connectivity index is -0.0000000150. The van der Waals surface area contributed by atoms with Crippen LogP contribution in [0.4, 0.5) is 0 Å². The van der Waals surface area contributed by atoms with Crippen LogP contribution >= 0.6 is 37.2 Å². The fourth-order valence-corrected chi connectivity index (χ4v) is 0. The summed E-state index contributed by atoms with van der Waals surface area (Å²) in [4.78, 5) is 0. The first-order valence-corrected chi connectivity index (χ1v) is 4.15. The SMILES string of the molecule is C[CH](C)[GeH3].Cl.Cl.Cl. The summed E-state index contributed by atoms with van der Waals surface area (Å²) < 4.78 is 1.02. The second kappa shape index (κ2) is 15.7. The van der Waals surface area contributed by atoms with Crippen molar-refractivity contribution in [3.63, 3.8) is 0 Å². The van der Waals surface area contributed by atoms with Crippen LogP contribution in [0.2, 0.25) is 4.75 Å². The largest absolute Gasteiger partial charge is 0.147 e. The van der Waals surface area contributed by atoms with Gasteiger partial charge in [-0.25, -0.2) is 0 Å². The number of rotatable bonds is 0. The summed E-state index contributed by atoms with van der Waals surface area (Å²) >= 11 is 1.06. The molecule has 0 bridgehead atoms. The average molecular weight is 228 g/mol. The Hall–Kier alpha value is 1.41. The van der Waals surface area contributed by atoms with Gasteiger partial charge in [-0.1, -0.05) is 0 Å². The smallest absolute Gasteiger partial charge is 0.147 e. The van der Waals surface area contributed by atoms with E-state index in [0.717, 1.165) is 21.3 Å². The van der Waals surface area contributed by atoms with E-state index >= 15 is 0 Å². The Morgan fingerprint density at radius 3 is 1.00 bits per heavy atom. The summed E-state index contributed by atoms with van der Waals surface area (Å²) in [7, 11) is 0. The first-order chi connectivity index (χ1) is 1.73. The van der Waals surface area contributed by atoms with Gasteiger partial charge in [0.05, 0.1) is 0 Å². The molecule has 0 nitrogen and oxygen atoms in total. The molecular formula is C3H13Cl3Ge. The first kappa shape index (κ1) is 23.7. The maximum Gasteiger partial charge on any atom is -0.147 e. The van der Waals surface area contributed by atoms with Crippen LogP contribution in [0.3, 0.4) is 0 Å². The molecule has 0 rings (SSSR count). The minimum Gasteiger partial charge on any atom is -0.147 e. The molecule has 0 N–H and O–H groups in total. The molecule has 0 spiro atoms. The van der Waals surface area contributed by atoms with E-state index < -0.39 is 0 Å². The van der Waals surface area contributed by atoms with E-state index in [0.29, 0.717) is 0 Å². The molecule has 0 aromatic heterocycles. The van der Waals surface area contributed by atoms with E-state index in [-0.39, 0.29) is 37.2 Å². The van der Waals surface area contributed by atoms with Crippen LogP contribution < -0.4 is 0 Å². The van der Waals surface area contributed by atoms with Gasteiger partial charge in [0.2, 0.25) is 0 Å². The van der Waals surface area contributed by atoms with Crippen LogP contribution in [0.1, 0.15) is 13.8 Å². The number of hydrogen-bond acceptors (Lipinski definition) is 0. The summed E-state index contributed by atoms with van der Waals surface area (Å²) in [5, 5.41) is 0. The van der Waals surface area contributed by atoms with Crippen LogP contribution in [-0.4, -0.2) is 16.5 Å². The molecule has 0 saturated heterocycles. The Kier molecular flexibility index (Phi) is 53.1. The Bertz CT molecular complexity index is 14.9. The maximum atomic E-state index is 2.25. The van der Waals surface area contributed by atoms with Crippen molar-refractivity contribution in [2.75, 3.05) is 0 Å². The van der Waals surface area contributed by atoms with E-state index in [2.05, 4.69) is 13.8 Å². The van der Waals surface area contributed by atoms with Crippen molar-refractivity contribution >= 4 is 53.7 Å². The summed E-state index contributed by atoms with van der Waals surface area (Å²) in [5.74, 6) is 0. The molecule has 0 aliphatic rings. The van der Waals surface area contributed by atoms with Crippen LogP contribution in [0.5, 0.6) is 0 Å². The molecule has 50 valence electrons. The van der Waals surface area contributed by atoms with Crippen LogP contribution in [-0.2, 0) is 0 Å². The molecule has 0 saturated carbocycles. The van der Waals surface area contributed by atoms with Crippen molar-refractivity contribution in [1.82, 2.24) is 0 Å². The van der Waals surface area contributed by atoms with E-state index in [9.17, 15) is 0 Å². The summed E-state index contributed by atoms with van der Waals surface area (Å²) in [6.07, 6.45) is 0. The van der Waals surface area contributed by atoms with E-state index in [1.54, 1.807) is 0 Å². The summed E-state index contributed by atoms with van der Waals surface area (Å²) in [5.41, 5.74) is 0. The second-order valence-corrected chi connectivity index (χ2v) is 6.58. The van der Waals surface area contributed by atoms with Gasteiger partial charge < -0.3 is 0 Å².